The fourth-order valence-corrected chi connectivity index (χ4v) is 2.76. The van der Waals surface area contributed by atoms with Crippen LogP contribution in [0.5, 0.6) is 0 Å². The van der Waals surface area contributed by atoms with Gasteiger partial charge in [-0.15, -0.1) is 11.3 Å². The van der Waals surface area contributed by atoms with Crippen molar-refractivity contribution in [2.24, 2.45) is 5.10 Å². The summed E-state index contributed by atoms with van der Waals surface area (Å²) < 4.78 is 0. The topological polar surface area (TPSA) is 54.4 Å². The van der Waals surface area contributed by atoms with E-state index in [0.717, 1.165) is 22.0 Å². The maximum absolute atomic E-state index is 11.9. The van der Waals surface area contributed by atoms with Crippen LogP contribution in [-0.4, -0.2) is 16.6 Å². The lowest BCUT2D eigenvalue weighted by atomic mass is 10.1. The Kier molecular flexibility index (Phi) is 5.94. The minimum atomic E-state index is -0.198. The van der Waals surface area contributed by atoms with Crippen LogP contribution in [-0.2, 0) is 11.2 Å². The second kappa shape index (κ2) is 7.72. The molecule has 0 spiro atoms. The van der Waals surface area contributed by atoms with Crippen LogP contribution in [0.1, 0.15) is 29.6 Å². The van der Waals surface area contributed by atoms with Crippen molar-refractivity contribution >= 4 is 46.2 Å². The molecule has 0 aliphatic heterocycles. The van der Waals surface area contributed by atoms with Crippen LogP contribution in [0.4, 0.5) is 0 Å². The van der Waals surface area contributed by atoms with Crippen molar-refractivity contribution in [3.63, 3.8) is 0 Å². The Labute approximate surface area is 143 Å². The molecule has 0 radical (unpaired) electrons. The van der Waals surface area contributed by atoms with Crippen LogP contribution in [0.25, 0.3) is 0 Å². The molecule has 0 saturated carbocycles. The smallest absolute Gasteiger partial charge is 0.246 e. The molecule has 116 valence electrons. The van der Waals surface area contributed by atoms with Gasteiger partial charge < -0.3 is 0 Å². The van der Waals surface area contributed by atoms with Crippen LogP contribution in [0.3, 0.4) is 0 Å². The van der Waals surface area contributed by atoms with E-state index in [1.807, 2.05) is 25.3 Å². The number of aromatic nitrogens is 1. The summed E-state index contributed by atoms with van der Waals surface area (Å²) in [5, 5.41) is 7.94. The van der Waals surface area contributed by atoms with Crippen molar-refractivity contribution in [2.75, 3.05) is 0 Å². The minimum Gasteiger partial charge on any atom is -0.273 e. The van der Waals surface area contributed by atoms with E-state index in [4.69, 9.17) is 23.2 Å². The number of rotatable bonds is 5. The van der Waals surface area contributed by atoms with Gasteiger partial charge in [-0.1, -0.05) is 36.2 Å². The average molecular weight is 356 g/mol. The number of halogens is 2. The predicted octanol–water partition coefficient (Wildman–Crippen LogP) is 4.23. The molecule has 1 aromatic carbocycles. The van der Waals surface area contributed by atoms with Gasteiger partial charge in [0.25, 0.3) is 0 Å². The molecule has 0 fully saturated rings. The Morgan fingerprint density at radius 3 is 2.73 bits per heavy atom. The number of benzene rings is 1. The zero-order valence-electron chi connectivity index (χ0n) is 12.2. The molecule has 22 heavy (non-hydrogen) atoms. The first kappa shape index (κ1) is 16.9. The zero-order valence-corrected chi connectivity index (χ0v) is 14.5. The van der Waals surface area contributed by atoms with Gasteiger partial charge in [0, 0.05) is 5.38 Å². The fourth-order valence-electron chi connectivity index (χ4n) is 1.85. The summed E-state index contributed by atoms with van der Waals surface area (Å²) >= 11 is 13.4. The molecule has 2 aromatic rings. The van der Waals surface area contributed by atoms with Gasteiger partial charge in [0.2, 0.25) is 5.91 Å². The van der Waals surface area contributed by atoms with E-state index in [0.29, 0.717) is 16.5 Å². The zero-order chi connectivity index (χ0) is 16.1. The second-order valence-corrected chi connectivity index (χ2v) is 6.49. The number of carbonyl (C=O) groups is 1. The molecule has 7 heteroatoms. The van der Waals surface area contributed by atoms with Crippen LogP contribution < -0.4 is 5.43 Å². The summed E-state index contributed by atoms with van der Waals surface area (Å²) in [6.45, 7) is 3.86. The molecule has 2 rings (SSSR count). The molecular weight excluding hydrogens is 341 g/mol. The molecular formula is C15H15Cl2N3OS. The van der Waals surface area contributed by atoms with Crippen LogP contribution >= 0.6 is 34.5 Å². The lowest BCUT2D eigenvalue weighted by Crippen LogP contribution is -2.22. The molecule has 0 unspecified atom stereocenters. The molecule has 0 saturated heterocycles. The number of nitrogens with zero attached hydrogens (tertiary/aromatic N) is 2. The normalized spacial score (nSPS) is 11.5. The Hall–Kier alpha value is -1.43. The van der Waals surface area contributed by atoms with Crippen molar-refractivity contribution in [1.82, 2.24) is 10.4 Å². The number of hydrogen-bond donors (Lipinski definition) is 1. The van der Waals surface area contributed by atoms with E-state index in [-0.39, 0.29) is 12.3 Å². The van der Waals surface area contributed by atoms with Crippen molar-refractivity contribution in [3.05, 3.63) is 49.9 Å². The summed E-state index contributed by atoms with van der Waals surface area (Å²) in [5.74, 6) is -0.198. The van der Waals surface area contributed by atoms with Gasteiger partial charge in [0.15, 0.2) is 0 Å². The molecule has 1 N–H and O–H groups in total. The Morgan fingerprint density at radius 2 is 2.14 bits per heavy atom. The van der Waals surface area contributed by atoms with Gasteiger partial charge in [0.1, 0.15) is 0 Å². The predicted molar refractivity (Wildman–Crippen MR) is 92.0 cm³/mol. The minimum absolute atomic E-state index is 0.198. The second-order valence-electron chi connectivity index (χ2n) is 4.61. The molecule has 0 atom stereocenters. The number of hydrazone groups is 1. The average Bonchev–Trinajstić information content (AvgIpc) is 2.88. The quantitative estimate of drug-likeness (QED) is 0.644. The maximum atomic E-state index is 11.9. The third kappa shape index (κ3) is 4.53. The van der Waals surface area contributed by atoms with Crippen LogP contribution in [0, 0.1) is 6.92 Å². The summed E-state index contributed by atoms with van der Waals surface area (Å²) in [7, 11) is 0. The van der Waals surface area contributed by atoms with Gasteiger partial charge >= 0.3 is 0 Å². The van der Waals surface area contributed by atoms with Crippen molar-refractivity contribution in [1.29, 1.82) is 0 Å². The van der Waals surface area contributed by atoms with Crippen LogP contribution in [0.2, 0.25) is 10.0 Å². The van der Waals surface area contributed by atoms with Gasteiger partial charge in [-0.05, 0) is 31.0 Å². The summed E-state index contributed by atoms with van der Waals surface area (Å²) in [5.41, 5.74) is 4.89. The number of aryl methyl sites for hydroxylation is 1. The molecule has 0 aliphatic carbocycles. The SMILES string of the molecule is CC/C(=N/NC(=O)Cc1csc(C)n1)c1ccc(Cl)c(Cl)c1. The van der Waals surface area contributed by atoms with Gasteiger partial charge in [-0.25, -0.2) is 10.4 Å². The highest BCUT2D eigenvalue weighted by atomic mass is 35.5. The van der Waals surface area contributed by atoms with Gasteiger partial charge in [-0.2, -0.15) is 5.10 Å². The molecule has 4 nitrogen and oxygen atoms in total. The fraction of sp³-hybridized carbons (Fsp3) is 0.267. The Morgan fingerprint density at radius 1 is 1.36 bits per heavy atom. The third-order valence-corrected chi connectivity index (χ3v) is 4.47. The molecule has 1 heterocycles. The highest BCUT2D eigenvalue weighted by molar-refractivity contribution is 7.09. The molecule has 1 aromatic heterocycles. The standard InChI is InChI=1S/C15H15Cl2N3OS/c1-3-14(10-4-5-12(16)13(17)6-10)19-20-15(21)7-11-8-22-9(2)18-11/h4-6,8H,3,7H2,1-2H3,(H,20,21)/b19-14-. The molecule has 0 bridgehead atoms. The molecule has 1 amide bonds. The van der Waals surface area contributed by atoms with E-state index in [1.165, 1.54) is 11.3 Å². The third-order valence-electron chi connectivity index (χ3n) is 2.91. The number of amides is 1. The van der Waals surface area contributed by atoms with Gasteiger partial charge in [-0.3, -0.25) is 4.79 Å². The van der Waals surface area contributed by atoms with E-state index in [9.17, 15) is 4.79 Å². The van der Waals surface area contributed by atoms with Crippen molar-refractivity contribution in [3.8, 4) is 0 Å². The lowest BCUT2D eigenvalue weighted by molar-refractivity contribution is -0.120. The number of nitrogens with one attached hydrogen (secondary N) is 1. The Balaban J connectivity index is 2.05. The largest absolute Gasteiger partial charge is 0.273 e. The van der Waals surface area contributed by atoms with Crippen molar-refractivity contribution in [2.45, 2.75) is 26.7 Å². The van der Waals surface area contributed by atoms with Crippen LogP contribution in [0.15, 0.2) is 28.7 Å². The van der Waals surface area contributed by atoms with E-state index >= 15 is 0 Å². The lowest BCUT2D eigenvalue weighted by Gasteiger charge is -2.06. The Bertz CT molecular complexity index is 713. The monoisotopic (exact) mass is 355 g/mol. The summed E-state index contributed by atoms with van der Waals surface area (Å²) in [6, 6.07) is 5.28. The summed E-state index contributed by atoms with van der Waals surface area (Å²) in [6.07, 6.45) is 0.875. The molecule has 0 aliphatic rings. The van der Waals surface area contributed by atoms with Crippen molar-refractivity contribution < 1.29 is 4.79 Å². The first-order chi connectivity index (χ1) is 10.5. The van der Waals surface area contributed by atoms with E-state index in [1.54, 1.807) is 12.1 Å². The number of hydrogen-bond acceptors (Lipinski definition) is 4. The highest BCUT2D eigenvalue weighted by Gasteiger charge is 2.08. The highest BCUT2D eigenvalue weighted by Crippen LogP contribution is 2.23. The van der Waals surface area contributed by atoms with E-state index < -0.39 is 0 Å². The number of carbonyl (C=O) groups excluding carboxylic acids is 1. The summed E-state index contributed by atoms with van der Waals surface area (Å²) in [4.78, 5) is 16.1. The number of thiazole rings is 1. The van der Waals surface area contributed by atoms with E-state index in [2.05, 4.69) is 15.5 Å². The first-order valence-corrected chi connectivity index (χ1v) is 8.35. The maximum Gasteiger partial charge on any atom is 0.246 e. The first-order valence-electron chi connectivity index (χ1n) is 6.71. The van der Waals surface area contributed by atoms with Gasteiger partial charge in [0.05, 0.1) is 32.9 Å².